The van der Waals surface area contributed by atoms with Gasteiger partial charge in [0.05, 0.1) is 6.20 Å². The monoisotopic (exact) mass is 488 g/mol. The van der Waals surface area contributed by atoms with Gasteiger partial charge in [0, 0.05) is 54.4 Å². The summed E-state index contributed by atoms with van der Waals surface area (Å²) < 4.78 is 16.8. The Morgan fingerprint density at radius 3 is 2.53 bits per heavy atom. The number of carbonyl (C=O) groups is 2. The van der Waals surface area contributed by atoms with Gasteiger partial charge in [0.15, 0.2) is 5.82 Å². The fourth-order valence-electron chi connectivity index (χ4n) is 4.00. The molecule has 0 fully saturated rings. The second-order valence-corrected chi connectivity index (χ2v) is 8.96. The van der Waals surface area contributed by atoms with E-state index in [9.17, 15) is 14.0 Å². The average Bonchev–Trinajstić information content (AvgIpc) is 3.23. The lowest BCUT2D eigenvalue weighted by Crippen LogP contribution is -2.25. The number of amides is 2. The number of halogens is 1. The largest absolute Gasteiger partial charge is 0.343 e. The predicted octanol–water partition coefficient (Wildman–Crippen LogP) is 5.61. The third-order valence-corrected chi connectivity index (χ3v) is 5.72. The molecule has 0 spiro atoms. The highest BCUT2D eigenvalue weighted by Gasteiger charge is 2.20. The van der Waals surface area contributed by atoms with E-state index in [4.69, 9.17) is 0 Å². The number of rotatable bonds is 7. The first-order valence-electron chi connectivity index (χ1n) is 11.7. The van der Waals surface area contributed by atoms with Crippen molar-refractivity contribution in [2.75, 3.05) is 24.7 Å². The van der Waals surface area contributed by atoms with Crippen LogP contribution in [0.15, 0.2) is 54.7 Å². The van der Waals surface area contributed by atoms with Gasteiger partial charge in [0.25, 0.3) is 5.91 Å². The van der Waals surface area contributed by atoms with Gasteiger partial charge in [-0.3, -0.25) is 9.59 Å². The van der Waals surface area contributed by atoms with E-state index in [1.807, 2.05) is 36.6 Å². The van der Waals surface area contributed by atoms with E-state index in [2.05, 4.69) is 20.6 Å². The van der Waals surface area contributed by atoms with Crippen molar-refractivity contribution in [2.24, 2.45) is 0 Å². The molecule has 2 aromatic carbocycles. The number of benzene rings is 2. The standard InChI is InChI=1S/C27H29FN6O2/c1-6-24(35)30-19-8-7-9-20(14-19)31-27-29-15-21(28)25(32-27)18-11-10-17-12-23(26(36)33(4)5)34(16(2)3)22(17)13-18/h7-16H,6H2,1-5H3,(H,30,35)(H,29,31,32). The molecule has 0 atom stereocenters. The van der Waals surface area contributed by atoms with Crippen LogP contribution in [-0.2, 0) is 4.79 Å². The lowest BCUT2D eigenvalue weighted by molar-refractivity contribution is -0.115. The molecule has 4 aromatic rings. The quantitative estimate of drug-likeness (QED) is 0.353. The van der Waals surface area contributed by atoms with Crippen molar-refractivity contribution in [3.05, 3.63) is 66.2 Å². The molecule has 2 amide bonds. The van der Waals surface area contributed by atoms with Crippen molar-refractivity contribution < 1.29 is 14.0 Å². The van der Waals surface area contributed by atoms with Crippen molar-refractivity contribution in [3.8, 4) is 11.3 Å². The van der Waals surface area contributed by atoms with Crippen LogP contribution in [0.5, 0.6) is 0 Å². The molecule has 2 N–H and O–H groups in total. The summed E-state index contributed by atoms with van der Waals surface area (Å²) in [6.07, 6.45) is 1.50. The van der Waals surface area contributed by atoms with E-state index in [1.165, 1.54) is 0 Å². The maximum atomic E-state index is 14.9. The van der Waals surface area contributed by atoms with E-state index in [-0.39, 0.29) is 29.5 Å². The average molecular weight is 489 g/mol. The summed E-state index contributed by atoms with van der Waals surface area (Å²) >= 11 is 0. The van der Waals surface area contributed by atoms with E-state index in [1.54, 1.807) is 56.3 Å². The number of nitrogens with zero attached hydrogens (tertiary/aromatic N) is 4. The first kappa shape index (κ1) is 24.8. The van der Waals surface area contributed by atoms with Crippen molar-refractivity contribution >= 4 is 40.0 Å². The summed E-state index contributed by atoms with van der Waals surface area (Å²) in [5.74, 6) is -0.535. The third kappa shape index (κ3) is 5.05. The van der Waals surface area contributed by atoms with Gasteiger partial charge in [-0.1, -0.05) is 25.1 Å². The molecule has 0 saturated heterocycles. The van der Waals surface area contributed by atoms with Gasteiger partial charge < -0.3 is 20.1 Å². The van der Waals surface area contributed by atoms with Crippen LogP contribution < -0.4 is 10.6 Å². The van der Waals surface area contributed by atoms with Crippen molar-refractivity contribution in [1.29, 1.82) is 0 Å². The smallest absolute Gasteiger partial charge is 0.270 e. The van der Waals surface area contributed by atoms with Gasteiger partial charge in [-0.2, -0.15) is 0 Å². The molecule has 4 rings (SSSR count). The number of aromatic nitrogens is 3. The maximum Gasteiger partial charge on any atom is 0.270 e. The van der Waals surface area contributed by atoms with Crippen molar-refractivity contribution in [3.63, 3.8) is 0 Å². The Bertz CT molecular complexity index is 1440. The van der Waals surface area contributed by atoms with Crippen LogP contribution in [0.4, 0.5) is 21.7 Å². The molecule has 0 bridgehead atoms. The number of nitrogens with one attached hydrogen (secondary N) is 2. The lowest BCUT2D eigenvalue weighted by Gasteiger charge is -2.17. The molecule has 36 heavy (non-hydrogen) atoms. The molecule has 0 aliphatic rings. The summed E-state index contributed by atoms with van der Waals surface area (Å²) in [7, 11) is 3.43. The predicted molar refractivity (Wildman–Crippen MR) is 140 cm³/mol. The number of hydrogen-bond donors (Lipinski definition) is 2. The highest BCUT2D eigenvalue weighted by Crippen LogP contribution is 2.31. The van der Waals surface area contributed by atoms with E-state index >= 15 is 0 Å². The number of anilines is 3. The van der Waals surface area contributed by atoms with E-state index < -0.39 is 5.82 Å². The zero-order valence-corrected chi connectivity index (χ0v) is 21.0. The van der Waals surface area contributed by atoms with Crippen LogP contribution in [0, 0.1) is 5.82 Å². The molecule has 0 aliphatic carbocycles. The maximum absolute atomic E-state index is 14.9. The highest BCUT2D eigenvalue weighted by atomic mass is 19.1. The molecular weight excluding hydrogens is 459 g/mol. The first-order valence-corrected chi connectivity index (χ1v) is 11.7. The molecule has 9 heteroatoms. The number of carbonyl (C=O) groups excluding carboxylic acids is 2. The lowest BCUT2D eigenvalue weighted by atomic mass is 10.1. The molecule has 186 valence electrons. The third-order valence-electron chi connectivity index (χ3n) is 5.72. The Balaban J connectivity index is 1.71. The van der Waals surface area contributed by atoms with Crippen LogP contribution >= 0.6 is 0 Å². The minimum atomic E-state index is -0.559. The van der Waals surface area contributed by atoms with Gasteiger partial charge >= 0.3 is 0 Å². The second-order valence-electron chi connectivity index (χ2n) is 8.96. The first-order chi connectivity index (χ1) is 17.2. The van der Waals surface area contributed by atoms with Crippen LogP contribution in [0.3, 0.4) is 0 Å². The van der Waals surface area contributed by atoms with Crippen LogP contribution in [-0.4, -0.2) is 45.3 Å². The summed E-state index contributed by atoms with van der Waals surface area (Å²) in [6, 6.07) is 14.5. The topological polar surface area (TPSA) is 92.1 Å². The highest BCUT2D eigenvalue weighted by molar-refractivity contribution is 5.99. The SMILES string of the molecule is CCC(=O)Nc1cccc(Nc2ncc(F)c(-c3ccc4cc(C(=O)N(C)C)n(C(C)C)c4c3)n2)c1. The fraction of sp³-hybridized carbons (Fsp3) is 0.259. The molecule has 0 radical (unpaired) electrons. The van der Waals surface area contributed by atoms with Gasteiger partial charge in [-0.05, 0) is 44.2 Å². The molecular formula is C27H29FN6O2. The minimum absolute atomic E-state index is 0.0181. The van der Waals surface area contributed by atoms with Crippen LogP contribution in [0.1, 0.15) is 43.7 Å². The zero-order valence-electron chi connectivity index (χ0n) is 21.0. The molecule has 0 unspecified atom stereocenters. The number of hydrogen-bond acceptors (Lipinski definition) is 5. The Hall–Kier alpha value is -4.27. The minimum Gasteiger partial charge on any atom is -0.343 e. The van der Waals surface area contributed by atoms with Gasteiger partial charge in [0.2, 0.25) is 11.9 Å². The molecule has 2 heterocycles. The Kier molecular flexibility index (Phi) is 7.00. The van der Waals surface area contributed by atoms with Crippen LogP contribution in [0.2, 0.25) is 0 Å². The van der Waals surface area contributed by atoms with E-state index in [0.717, 1.165) is 17.1 Å². The number of fused-ring (bicyclic) bond motifs is 1. The van der Waals surface area contributed by atoms with Gasteiger partial charge in [0.1, 0.15) is 11.4 Å². The van der Waals surface area contributed by atoms with Gasteiger partial charge in [-0.25, -0.2) is 14.4 Å². The molecule has 8 nitrogen and oxygen atoms in total. The Labute approximate surface area is 209 Å². The summed E-state index contributed by atoms with van der Waals surface area (Å²) in [5.41, 5.74) is 3.39. The van der Waals surface area contributed by atoms with Crippen molar-refractivity contribution in [2.45, 2.75) is 33.2 Å². The van der Waals surface area contributed by atoms with Crippen LogP contribution in [0.25, 0.3) is 22.2 Å². The Morgan fingerprint density at radius 2 is 1.83 bits per heavy atom. The molecule has 0 saturated carbocycles. The normalized spacial score (nSPS) is 11.1. The molecule has 0 aliphatic heterocycles. The van der Waals surface area contributed by atoms with Gasteiger partial charge in [-0.15, -0.1) is 0 Å². The second kappa shape index (κ2) is 10.2. The fourth-order valence-corrected chi connectivity index (χ4v) is 4.00. The summed E-state index contributed by atoms with van der Waals surface area (Å²) in [6.45, 7) is 5.79. The Morgan fingerprint density at radius 1 is 1.08 bits per heavy atom. The van der Waals surface area contributed by atoms with E-state index in [0.29, 0.717) is 29.1 Å². The zero-order chi connectivity index (χ0) is 26.0. The summed E-state index contributed by atoms with van der Waals surface area (Å²) in [4.78, 5) is 34.5. The molecule has 2 aromatic heterocycles. The van der Waals surface area contributed by atoms with Crippen molar-refractivity contribution in [1.82, 2.24) is 19.4 Å². The summed E-state index contributed by atoms with van der Waals surface area (Å²) in [5, 5.41) is 6.76.